The van der Waals surface area contributed by atoms with E-state index in [2.05, 4.69) is 4.90 Å². The Kier molecular flexibility index (Phi) is 7.53. The van der Waals surface area contributed by atoms with Crippen LogP contribution in [-0.2, 0) is 27.1 Å². The van der Waals surface area contributed by atoms with E-state index >= 15 is 0 Å². The van der Waals surface area contributed by atoms with Crippen molar-refractivity contribution in [3.05, 3.63) is 64.4 Å². The SMILES string of the molecule is CC1CN(Cc2ccc(F)cc2)CCN1C(=O)COc1ccc(Cl)cc1CS(N)(=O)=O. The van der Waals surface area contributed by atoms with Gasteiger partial charge in [0.05, 0.1) is 5.75 Å². The molecule has 0 radical (unpaired) electrons. The van der Waals surface area contributed by atoms with E-state index in [0.29, 0.717) is 36.8 Å². The van der Waals surface area contributed by atoms with Gasteiger partial charge in [-0.05, 0) is 42.8 Å². The van der Waals surface area contributed by atoms with Crippen molar-refractivity contribution in [1.82, 2.24) is 9.80 Å². The Morgan fingerprint density at radius 3 is 2.58 bits per heavy atom. The summed E-state index contributed by atoms with van der Waals surface area (Å²) in [5.74, 6) is -0.629. The topological polar surface area (TPSA) is 92.9 Å². The van der Waals surface area contributed by atoms with Crippen LogP contribution in [0.5, 0.6) is 5.75 Å². The van der Waals surface area contributed by atoms with Gasteiger partial charge in [-0.3, -0.25) is 9.69 Å². The Balaban J connectivity index is 1.56. The van der Waals surface area contributed by atoms with Gasteiger partial charge in [-0.15, -0.1) is 0 Å². The molecule has 2 N–H and O–H groups in total. The number of halogens is 2. The van der Waals surface area contributed by atoms with Crippen LogP contribution in [0, 0.1) is 5.82 Å². The summed E-state index contributed by atoms with van der Waals surface area (Å²) in [4.78, 5) is 16.7. The lowest BCUT2D eigenvalue weighted by molar-refractivity contribution is -0.138. The van der Waals surface area contributed by atoms with E-state index in [4.69, 9.17) is 21.5 Å². The summed E-state index contributed by atoms with van der Waals surface area (Å²) in [7, 11) is -3.78. The van der Waals surface area contributed by atoms with Gasteiger partial charge in [0.1, 0.15) is 11.6 Å². The fourth-order valence-corrected chi connectivity index (χ4v) is 4.49. The van der Waals surface area contributed by atoms with Crippen LogP contribution in [0.4, 0.5) is 4.39 Å². The maximum atomic E-state index is 13.1. The molecule has 0 aliphatic carbocycles. The van der Waals surface area contributed by atoms with E-state index in [1.54, 1.807) is 23.1 Å². The molecule has 10 heteroatoms. The van der Waals surface area contributed by atoms with Gasteiger partial charge >= 0.3 is 0 Å². The summed E-state index contributed by atoms with van der Waals surface area (Å²) >= 11 is 5.94. The van der Waals surface area contributed by atoms with Crippen molar-refractivity contribution in [3.8, 4) is 5.75 Å². The maximum absolute atomic E-state index is 13.1. The van der Waals surface area contributed by atoms with Gasteiger partial charge in [-0.2, -0.15) is 0 Å². The number of hydrogen-bond acceptors (Lipinski definition) is 5. The molecular formula is C21H25ClFN3O4S. The summed E-state index contributed by atoms with van der Waals surface area (Å²) in [6.07, 6.45) is 0. The molecule has 1 saturated heterocycles. The van der Waals surface area contributed by atoms with Crippen molar-refractivity contribution >= 4 is 27.5 Å². The molecule has 0 saturated carbocycles. The van der Waals surface area contributed by atoms with E-state index in [0.717, 1.165) is 5.56 Å². The Hall–Kier alpha value is -2.20. The lowest BCUT2D eigenvalue weighted by atomic mass is 10.1. The molecule has 7 nitrogen and oxygen atoms in total. The average Bonchev–Trinajstić information content (AvgIpc) is 2.68. The summed E-state index contributed by atoms with van der Waals surface area (Å²) in [6, 6.07) is 10.9. The number of benzene rings is 2. The first-order valence-corrected chi connectivity index (χ1v) is 11.9. The number of primary sulfonamides is 1. The van der Waals surface area contributed by atoms with Gasteiger partial charge in [0, 0.05) is 42.8 Å². The van der Waals surface area contributed by atoms with Crippen LogP contribution in [0.3, 0.4) is 0 Å². The maximum Gasteiger partial charge on any atom is 0.260 e. The number of nitrogens with two attached hydrogens (primary N) is 1. The monoisotopic (exact) mass is 469 g/mol. The van der Waals surface area contributed by atoms with Crippen LogP contribution in [0.1, 0.15) is 18.1 Å². The molecule has 1 aliphatic heterocycles. The van der Waals surface area contributed by atoms with Gasteiger partial charge in [0.15, 0.2) is 6.61 Å². The second-order valence-electron chi connectivity index (χ2n) is 7.65. The number of piperazine rings is 1. The zero-order valence-electron chi connectivity index (χ0n) is 17.1. The predicted molar refractivity (Wildman–Crippen MR) is 117 cm³/mol. The molecule has 1 fully saturated rings. The van der Waals surface area contributed by atoms with E-state index in [1.165, 1.54) is 24.3 Å². The molecule has 0 aromatic heterocycles. The molecule has 3 rings (SSSR count). The minimum atomic E-state index is -3.78. The number of nitrogens with zero attached hydrogens (tertiary/aromatic N) is 2. The third-order valence-electron chi connectivity index (χ3n) is 5.08. The first kappa shape index (κ1) is 23.5. The van der Waals surface area contributed by atoms with Gasteiger partial charge in [-0.1, -0.05) is 23.7 Å². The summed E-state index contributed by atoms with van der Waals surface area (Å²) in [5, 5.41) is 5.48. The molecule has 2 aromatic rings. The van der Waals surface area contributed by atoms with E-state index in [9.17, 15) is 17.6 Å². The van der Waals surface area contributed by atoms with Crippen molar-refractivity contribution < 1.29 is 22.3 Å². The van der Waals surface area contributed by atoms with Crippen molar-refractivity contribution in [2.75, 3.05) is 26.2 Å². The Morgan fingerprint density at radius 2 is 1.94 bits per heavy atom. The fraction of sp³-hybridized carbons (Fsp3) is 0.381. The summed E-state index contributed by atoms with van der Waals surface area (Å²) in [6.45, 7) is 4.33. The fourth-order valence-electron chi connectivity index (χ4n) is 3.64. The molecule has 1 heterocycles. The largest absolute Gasteiger partial charge is 0.483 e. The quantitative estimate of drug-likeness (QED) is 0.672. The molecular weight excluding hydrogens is 445 g/mol. The summed E-state index contributed by atoms with van der Waals surface area (Å²) in [5.41, 5.74) is 1.32. The van der Waals surface area contributed by atoms with Crippen LogP contribution in [-0.4, -0.2) is 56.4 Å². The molecule has 0 bridgehead atoms. The second kappa shape index (κ2) is 9.95. The van der Waals surface area contributed by atoms with Crippen molar-refractivity contribution in [3.63, 3.8) is 0 Å². The Bertz CT molecular complexity index is 1030. The number of amides is 1. The first-order valence-electron chi connectivity index (χ1n) is 9.78. The van der Waals surface area contributed by atoms with Gasteiger partial charge in [-0.25, -0.2) is 17.9 Å². The van der Waals surface area contributed by atoms with Gasteiger partial charge in [0.2, 0.25) is 10.0 Å². The lowest BCUT2D eigenvalue weighted by Gasteiger charge is -2.39. The second-order valence-corrected chi connectivity index (χ2v) is 9.70. The zero-order valence-corrected chi connectivity index (χ0v) is 18.7. The van der Waals surface area contributed by atoms with Crippen LogP contribution in [0.25, 0.3) is 0 Å². The normalized spacial score (nSPS) is 17.5. The average molecular weight is 470 g/mol. The molecule has 1 unspecified atom stereocenters. The molecule has 168 valence electrons. The van der Waals surface area contributed by atoms with Crippen molar-refractivity contribution in [2.45, 2.75) is 25.3 Å². The van der Waals surface area contributed by atoms with Gasteiger partial charge < -0.3 is 9.64 Å². The predicted octanol–water partition coefficient (Wildman–Crippen LogP) is 2.38. The first-order chi connectivity index (χ1) is 14.6. The number of rotatable bonds is 7. The minimum absolute atomic E-state index is 0.0283. The van der Waals surface area contributed by atoms with Crippen LogP contribution in [0.15, 0.2) is 42.5 Å². The van der Waals surface area contributed by atoms with E-state index in [-0.39, 0.29) is 30.1 Å². The molecule has 31 heavy (non-hydrogen) atoms. The highest BCUT2D eigenvalue weighted by Crippen LogP contribution is 2.25. The van der Waals surface area contributed by atoms with E-state index < -0.39 is 15.8 Å². The summed E-state index contributed by atoms with van der Waals surface area (Å²) < 4.78 is 41.6. The van der Waals surface area contributed by atoms with Crippen molar-refractivity contribution in [1.29, 1.82) is 0 Å². The number of hydrogen-bond donors (Lipinski definition) is 1. The third-order valence-corrected chi connectivity index (χ3v) is 6.03. The van der Waals surface area contributed by atoms with Gasteiger partial charge in [0.25, 0.3) is 5.91 Å². The van der Waals surface area contributed by atoms with Crippen molar-refractivity contribution in [2.24, 2.45) is 5.14 Å². The van der Waals surface area contributed by atoms with Crippen LogP contribution < -0.4 is 9.88 Å². The minimum Gasteiger partial charge on any atom is -0.483 e. The number of carbonyl (C=O) groups excluding carboxylic acids is 1. The highest BCUT2D eigenvalue weighted by molar-refractivity contribution is 7.88. The Morgan fingerprint density at radius 1 is 1.23 bits per heavy atom. The molecule has 1 amide bonds. The molecule has 1 atom stereocenters. The number of ether oxygens (including phenoxy) is 1. The standard InChI is InChI=1S/C21H25ClFN3O4S/c1-15-11-25(12-16-2-5-19(23)6-3-16)8-9-26(15)21(27)13-30-20-7-4-18(22)10-17(20)14-31(24,28)29/h2-7,10,15H,8-9,11-14H2,1H3,(H2,24,28,29). The number of sulfonamides is 1. The number of carbonyl (C=O) groups is 1. The molecule has 1 aliphatic rings. The lowest BCUT2D eigenvalue weighted by Crippen LogP contribution is -2.54. The van der Waals surface area contributed by atoms with Crippen LogP contribution in [0.2, 0.25) is 5.02 Å². The zero-order chi connectivity index (χ0) is 22.6. The smallest absolute Gasteiger partial charge is 0.260 e. The Labute approximate surface area is 186 Å². The molecule has 0 spiro atoms. The van der Waals surface area contributed by atoms with E-state index in [1.807, 2.05) is 6.92 Å². The third kappa shape index (κ3) is 6.90. The van der Waals surface area contributed by atoms with Crippen LogP contribution >= 0.6 is 11.6 Å². The highest BCUT2D eigenvalue weighted by atomic mass is 35.5. The highest BCUT2D eigenvalue weighted by Gasteiger charge is 2.27. The molecule has 2 aromatic carbocycles.